The third-order valence-corrected chi connectivity index (χ3v) is 3.30. The van der Waals surface area contributed by atoms with Crippen LogP contribution in [0.2, 0.25) is 0 Å². The van der Waals surface area contributed by atoms with E-state index in [1.54, 1.807) is 19.5 Å². The number of methoxy groups -OCH3 is 1. The molecule has 0 amide bonds. The minimum Gasteiger partial charge on any atom is -0.495 e. The summed E-state index contributed by atoms with van der Waals surface area (Å²) < 4.78 is 5.28. The molecule has 1 aromatic heterocycles. The molecule has 102 valence electrons. The number of rotatable bonds is 9. The number of hydrogen-bond donors (Lipinski definition) is 1. The predicted molar refractivity (Wildman–Crippen MR) is 75.7 cm³/mol. The van der Waals surface area contributed by atoms with Crippen LogP contribution < -0.4 is 10.5 Å². The number of nitrogens with zero attached hydrogens (tertiary/aromatic N) is 1. The van der Waals surface area contributed by atoms with Gasteiger partial charge in [0.25, 0.3) is 0 Å². The molecule has 0 aliphatic carbocycles. The van der Waals surface area contributed by atoms with Crippen LogP contribution in [0.4, 0.5) is 0 Å². The molecule has 0 spiro atoms. The summed E-state index contributed by atoms with van der Waals surface area (Å²) in [5, 5.41) is 0. The number of unbranched alkanes of at least 4 members (excludes halogenated alkanes) is 5. The van der Waals surface area contributed by atoms with Gasteiger partial charge in [0.15, 0.2) is 0 Å². The lowest BCUT2D eigenvalue weighted by molar-refractivity contribution is 0.401. The topological polar surface area (TPSA) is 48.1 Å². The SMILES string of the molecule is CCCCCCCCC(N)c1ccncc1OC. The van der Waals surface area contributed by atoms with Crippen molar-refractivity contribution in [3.05, 3.63) is 24.0 Å². The third kappa shape index (κ3) is 5.05. The van der Waals surface area contributed by atoms with E-state index in [1.807, 2.05) is 6.07 Å². The van der Waals surface area contributed by atoms with Crippen LogP contribution in [0.1, 0.15) is 63.5 Å². The van der Waals surface area contributed by atoms with E-state index in [2.05, 4.69) is 11.9 Å². The zero-order valence-electron chi connectivity index (χ0n) is 11.7. The molecule has 0 aliphatic heterocycles. The Morgan fingerprint density at radius 2 is 1.94 bits per heavy atom. The van der Waals surface area contributed by atoms with Crippen molar-refractivity contribution in [1.82, 2.24) is 4.98 Å². The highest BCUT2D eigenvalue weighted by molar-refractivity contribution is 5.32. The summed E-state index contributed by atoms with van der Waals surface area (Å²) in [5.41, 5.74) is 7.27. The van der Waals surface area contributed by atoms with Gasteiger partial charge in [0.2, 0.25) is 0 Å². The van der Waals surface area contributed by atoms with Crippen LogP contribution in [0.3, 0.4) is 0 Å². The van der Waals surface area contributed by atoms with Crippen LogP contribution in [-0.2, 0) is 0 Å². The monoisotopic (exact) mass is 250 g/mol. The Hall–Kier alpha value is -1.09. The molecule has 3 heteroatoms. The quantitative estimate of drug-likeness (QED) is 0.677. The van der Waals surface area contributed by atoms with Crippen LogP contribution >= 0.6 is 0 Å². The second-order valence-electron chi connectivity index (χ2n) is 4.78. The first kappa shape index (κ1) is 15.0. The van der Waals surface area contributed by atoms with E-state index in [0.29, 0.717) is 0 Å². The first-order valence-corrected chi connectivity index (χ1v) is 7.03. The Bertz CT molecular complexity index is 328. The number of pyridine rings is 1. The summed E-state index contributed by atoms with van der Waals surface area (Å²) in [5.74, 6) is 0.802. The fourth-order valence-electron chi connectivity index (χ4n) is 2.17. The number of hydrogen-bond acceptors (Lipinski definition) is 3. The molecule has 1 aromatic rings. The Kier molecular flexibility index (Phi) is 7.42. The summed E-state index contributed by atoms with van der Waals surface area (Å²) in [6.45, 7) is 2.24. The van der Waals surface area contributed by atoms with Crippen molar-refractivity contribution < 1.29 is 4.74 Å². The molecular formula is C15H26N2O. The fourth-order valence-corrected chi connectivity index (χ4v) is 2.17. The van der Waals surface area contributed by atoms with E-state index >= 15 is 0 Å². The maximum Gasteiger partial charge on any atom is 0.141 e. The van der Waals surface area contributed by atoms with Gasteiger partial charge in [-0.2, -0.15) is 0 Å². The van der Waals surface area contributed by atoms with E-state index in [-0.39, 0.29) is 6.04 Å². The molecule has 0 fully saturated rings. The fraction of sp³-hybridized carbons (Fsp3) is 0.667. The first-order valence-electron chi connectivity index (χ1n) is 7.03. The highest BCUT2D eigenvalue weighted by atomic mass is 16.5. The number of ether oxygens (including phenoxy) is 1. The van der Waals surface area contributed by atoms with Gasteiger partial charge in [0.05, 0.1) is 13.3 Å². The average molecular weight is 250 g/mol. The maximum absolute atomic E-state index is 6.20. The number of nitrogens with two attached hydrogens (primary N) is 1. The summed E-state index contributed by atoms with van der Waals surface area (Å²) in [6.07, 6.45) is 12.3. The Morgan fingerprint density at radius 1 is 1.22 bits per heavy atom. The van der Waals surface area contributed by atoms with Gasteiger partial charge >= 0.3 is 0 Å². The average Bonchev–Trinajstić information content (AvgIpc) is 2.42. The maximum atomic E-state index is 6.20. The second kappa shape index (κ2) is 8.92. The van der Waals surface area contributed by atoms with Crippen molar-refractivity contribution in [3.8, 4) is 5.75 Å². The summed E-state index contributed by atoms with van der Waals surface area (Å²) >= 11 is 0. The van der Waals surface area contributed by atoms with Gasteiger partial charge in [0.1, 0.15) is 5.75 Å². The molecule has 0 saturated heterocycles. The van der Waals surface area contributed by atoms with Crippen molar-refractivity contribution in [2.75, 3.05) is 7.11 Å². The normalized spacial score (nSPS) is 12.4. The minimum atomic E-state index is 0.0640. The molecular weight excluding hydrogens is 224 g/mol. The van der Waals surface area contributed by atoms with Gasteiger partial charge in [-0.15, -0.1) is 0 Å². The second-order valence-corrected chi connectivity index (χ2v) is 4.78. The van der Waals surface area contributed by atoms with Gasteiger partial charge in [-0.05, 0) is 12.5 Å². The lowest BCUT2D eigenvalue weighted by Gasteiger charge is -2.14. The van der Waals surface area contributed by atoms with E-state index in [9.17, 15) is 0 Å². The van der Waals surface area contributed by atoms with E-state index < -0.39 is 0 Å². The Balaban J connectivity index is 2.29. The summed E-state index contributed by atoms with van der Waals surface area (Å²) in [6, 6.07) is 2.02. The van der Waals surface area contributed by atoms with Gasteiger partial charge in [-0.1, -0.05) is 45.4 Å². The van der Waals surface area contributed by atoms with Crippen LogP contribution in [0.25, 0.3) is 0 Å². The molecule has 0 aromatic carbocycles. The van der Waals surface area contributed by atoms with Crippen molar-refractivity contribution in [1.29, 1.82) is 0 Å². The highest BCUT2D eigenvalue weighted by Crippen LogP contribution is 2.25. The van der Waals surface area contributed by atoms with Gasteiger partial charge in [0, 0.05) is 17.8 Å². The molecule has 0 saturated carbocycles. The smallest absolute Gasteiger partial charge is 0.141 e. The van der Waals surface area contributed by atoms with Gasteiger partial charge in [-0.3, -0.25) is 4.98 Å². The Morgan fingerprint density at radius 3 is 2.67 bits per heavy atom. The molecule has 1 unspecified atom stereocenters. The van der Waals surface area contributed by atoms with Crippen molar-refractivity contribution in [2.45, 2.75) is 57.9 Å². The number of aromatic nitrogens is 1. The van der Waals surface area contributed by atoms with Crippen LogP contribution in [0.5, 0.6) is 5.75 Å². The standard InChI is InChI=1S/C15H26N2O/c1-3-4-5-6-7-8-9-14(16)13-10-11-17-12-15(13)18-2/h10-12,14H,3-9,16H2,1-2H3. The zero-order chi connectivity index (χ0) is 13.2. The molecule has 1 rings (SSSR count). The molecule has 0 bridgehead atoms. The molecule has 3 nitrogen and oxygen atoms in total. The predicted octanol–water partition coefficient (Wildman–Crippen LogP) is 3.84. The molecule has 1 heterocycles. The zero-order valence-corrected chi connectivity index (χ0v) is 11.7. The largest absolute Gasteiger partial charge is 0.495 e. The van der Waals surface area contributed by atoms with Crippen LogP contribution in [0.15, 0.2) is 18.5 Å². The van der Waals surface area contributed by atoms with Gasteiger partial charge in [-0.25, -0.2) is 0 Å². The summed E-state index contributed by atoms with van der Waals surface area (Å²) in [4.78, 5) is 4.05. The van der Waals surface area contributed by atoms with Crippen LogP contribution in [0, 0.1) is 0 Å². The third-order valence-electron chi connectivity index (χ3n) is 3.30. The molecule has 0 aliphatic rings. The molecule has 2 N–H and O–H groups in total. The van der Waals surface area contributed by atoms with E-state index in [1.165, 1.54) is 38.5 Å². The lowest BCUT2D eigenvalue weighted by atomic mass is 10.0. The van der Waals surface area contributed by atoms with Crippen molar-refractivity contribution >= 4 is 0 Å². The molecule has 1 atom stereocenters. The molecule has 18 heavy (non-hydrogen) atoms. The minimum absolute atomic E-state index is 0.0640. The first-order chi connectivity index (χ1) is 8.79. The van der Waals surface area contributed by atoms with Crippen molar-refractivity contribution in [3.63, 3.8) is 0 Å². The van der Waals surface area contributed by atoms with Gasteiger partial charge < -0.3 is 10.5 Å². The van der Waals surface area contributed by atoms with Crippen LogP contribution in [-0.4, -0.2) is 12.1 Å². The summed E-state index contributed by atoms with van der Waals surface area (Å²) in [7, 11) is 1.66. The van der Waals surface area contributed by atoms with Crippen molar-refractivity contribution in [2.24, 2.45) is 5.73 Å². The highest BCUT2D eigenvalue weighted by Gasteiger charge is 2.11. The van der Waals surface area contributed by atoms with E-state index in [4.69, 9.17) is 10.5 Å². The Labute approximate surface area is 111 Å². The molecule has 0 radical (unpaired) electrons. The van der Waals surface area contributed by atoms with E-state index in [0.717, 1.165) is 17.7 Å². The lowest BCUT2D eigenvalue weighted by Crippen LogP contribution is -2.11.